The van der Waals surface area contributed by atoms with Crippen molar-refractivity contribution < 1.29 is 4.74 Å². The molecule has 0 aliphatic heterocycles. The molecule has 0 N–H and O–H groups in total. The lowest BCUT2D eigenvalue weighted by Gasteiger charge is -2.03. The first-order valence-corrected chi connectivity index (χ1v) is 3.19. The molecule has 0 aliphatic carbocycles. The van der Waals surface area contributed by atoms with Gasteiger partial charge in [0.25, 0.3) is 0 Å². The molecular formula is C8H8N2O. The van der Waals surface area contributed by atoms with E-state index in [2.05, 4.69) is 4.98 Å². The van der Waals surface area contributed by atoms with Crippen LogP contribution in [0.25, 0.3) is 0 Å². The minimum Gasteiger partial charge on any atom is -0.493 e. The van der Waals surface area contributed by atoms with Crippen LogP contribution in [-0.4, -0.2) is 12.1 Å². The van der Waals surface area contributed by atoms with Gasteiger partial charge in [-0.05, 0) is 13.0 Å². The van der Waals surface area contributed by atoms with Gasteiger partial charge >= 0.3 is 0 Å². The second kappa shape index (κ2) is 3.02. The summed E-state index contributed by atoms with van der Waals surface area (Å²) in [6, 6.07) is 3.65. The molecule has 1 aromatic rings. The van der Waals surface area contributed by atoms with Crippen molar-refractivity contribution in [3.05, 3.63) is 23.5 Å². The van der Waals surface area contributed by atoms with E-state index in [1.165, 1.54) is 7.11 Å². The van der Waals surface area contributed by atoms with Crippen LogP contribution in [0, 0.1) is 18.3 Å². The molecule has 11 heavy (non-hydrogen) atoms. The Morgan fingerprint density at radius 2 is 2.36 bits per heavy atom. The van der Waals surface area contributed by atoms with Crippen LogP contribution in [0.1, 0.15) is 11.3 Å². The van der Waals surface area contributed by atoms with Gasteiger partial charge in [-0.2, -0.15) is 5.26 Å². The van der Waals surface area contributed by atoms with Gasteiger partial charge in [0, 0.05) is 6.20 Å². The van der Waals surface area contributed by atoms with E-state index in [0.717, 1.165) is 5.69 Å². The smallest absolute Gasteiger partial charge is 0.157 e. The van der Waals surface area contributed by atoms with E-state index < -0.39 is 0 Å². The van der Waals surface area contributed by atoms with Crippen molar-refractivity contribution in [2.24, 2.45) is 0 Å². The van der Waals surface area contributed by atoms with Gasteiger partial charge in [0.15, 0.2) is 5.75 Å². The number of methoxy groups -OCH3 is 1. The van der Waals surface area contributed by atoms with Crippen LogP contribution in [0.3, 0.4) is 0 Å². The highest BCUT2D eigenvalue weighted by molar-refractivity contribution is 5.44. The minimum atomic E-state index is 0.528. The summed E-state index contributed by atoms with van der Waals surface area (Å²) in [5.41, 5.74) is 1.27. The Labute approximate surface area is 65.3 Å². The molecule has 3 heteroatoms. The molecule has 0 bridgehead atoms. The molecule has 0 fully saturated rings. The topological polar surface area (TPSA) is 45.9 Å². The van der Waals surface area contributed by atoms with Crippen molar-refractivity contribution in [1.29, 1.82) is 5.26 Å². The summed E-state index contributed by atoms with van der Waals surface area (Å²) >= 11 is 0. The zero-order valence-corrected chi connectivity index (χ0v) is 6.46. The molecular weight excluding hydrogens is 140 g/mol. The summed E-state index contributed by atoms with van der Waals surface area (Å²) in [6.07, 6.45) is 1.59. The van der Waals surface area contributed by atoms with Gasteiger partial charge in [0.2, 0.25) is 0 Å². The number of nitrogens with zero attached hydrogens (tertiary/aromatic N) is 2. The Hall–Kier alpha value is -1.56. The minimum absolute atomic E-state index is 0.528. The van der Waals surface area contributed by atoms with Crippen molar-refractivity contribution in [1.82, 2.24) is 4.98 Å². The molecule has 1 aromatic heterocycles. The number of aryl methyl sites for hydroxylation is 1. The molecule has 1 rings (SSSR count). The number of hydrogen-bond acceptors (Lipinski definition) is 3. The van der Waals surface area contributed by atoms with E-state index in [1.807, 2.05) is 6.07 Å². The van der Waals surface area contributed by atoms with Crippen LogP contribution in [0.15, 0.2) is 12.3 Å². The van der Waals surface area contributed by atoms with E-state index in [1.54, 1.807) is 19.2 Å². The first kappa shape index (κ1) is 7.55. The average molecular weight is 148 g/mol. The fraction of sp³-hybridized carbons (Fsp3) is 0.250. The fourth-order valence-electron chi connectivity index (χ4n) is 0.899. The molecule has 0 spiro atoms. The second-order valence-corrected chi connectivity index (χ2v) is 2.09. The molecule has 56 valence electrons. The highest BCUT2D eigenvalue weighted by Gasteiger charge is 2.04. The van der Waals surface area contributed by atoms with Gasteiger partial charge in [0.05, 0.1) is 18.4 Å². The number of hydrogen-bond donors (Lipinski definition) is 0. The largest absolute Gasteiger partial charge is 0.493 e. The zero-order valence-electron chi connectivity index (χ0n) is 6.46. The number of nitriles is 1. The van der Waals surface area contributed by atoms with Gasteiger partial charge in [-0.15, -0.1) is 0 Å². The van der Waals surface area contributed by atoms with E-state index >= 15 is 0 Å². The standard InChI is InChI=1S/C8H8N2O/c1-6-8(11-2)7(5-9)3-4-10-6/h3-4H,1-2H3. The van der Waals surface area contributed by atoms with Gasteiger partial charge in [-0.1, -0.05) is 0 Å². The Balaban J connectivity index is 3.27. The van der Waals surface area contributed by atoms with Crippen LogP contribution >= 0.6 is 0 Å². The van der Waals surface area contributed by atoms with Crippen LogP contribution in [-0.2, 0) is 0 Å². The molecule has 0 amide bonds. The summed E-state index contributed by atoms with van der Waals surface area (Å²) < 4.78 is 4.98. The number of ether oxygens (including phenoxy) is 1. The maximum atomic E-state index is 8.62. The van der Waals surface area contributed by atoms with E-state index in [-0.39, 0.29) is 0 Å². The predicted octanol–water partition coefficient (Wildman–Crippen LogP) is 1.27. The molecule has 0 atom stereocenters. The third kappa shape index (κ3) is 1.30. The predicted molar refractivity (Wildman–Crippen MR) is 40.2 cm³/mol. The summed E-state index contributed by atoms with van der Waals surface area (Å²) in [5.74, 6) is 0.565. The van der Waals surface area contributed by atoms with E-state index in [9.17, 15) is 0 Å². The van der Waals surface area contributed by atoms with Crippen molar-refractivity contribution in [2.75, 3.05) is 7.11 Å². The van der Waals surface area contributed by atoms with Crippen LogP contribution in [0.4, 0.5) is 0 Å². The van der Waals surface area contributed by atoms with E-state index in [0.29, 0.717) is 11.3 Å². The van der Waals surface area contributed by atoms with E-state index in [4.69, 9.17) is 10.00 Å². The summed E-state index contributed by atoms with van der Waals surface area (Å²) in [6.45, 7) is 1.81. The Morgan fingerprint density at radius 3 is 2.82 bits per heavy atom. The first-order valence-electron chi connectivity index (χ1n) is 3.19. The van der Waals surface area contributed by atoms with Gasteiger partial charge < -0.3 is 4.74 Å². The summed E-state index contributed by atoms with van der Waals surface area (Å²) in [7, 11) is 1.53. The number of pyridine rings is 1. The third-order valence-corrected chi connectivity index (χ3v) is 1.41. The maximum Gasteiger partial charge on any atom is 0.157 e. The number of aromatic nitrogens is 1. The zero-order chi connectivity index (χ0) is 8.27. The second-order valence-electron chi connectivity index (χ2n) is 2.09. The number of rotatable bonds is 1. The molecule has 0 saturated carbocycles. The van der Waals surface area contributed by atoms with Gasteiger partial charge in [0.1, 0.15) is 6.07 Å². The SMILES string of the molecule is COc1c(C#N)ccnc1C. The normalized spacial score (nSPS) is 8.82. The monoisotopic (exact) mass is 148 g/mol. The fourth-order valence-corrected chi connectivity index (χ4v) is 0.899. The third-order valence-electron chi connectivity index (χ3n) is 1.41. The Bertz CT molecular complexity index is 301. The van der Waals surface area contributed by atoms with Crippen LogP contribution < -0.4 is 4.74 Å². The van der Waals surface area contributed by atoms with Crippen molar-refractivity contribution in [3.63, 3.8) is 0 Å². The molecule has 1 heterocycles. The van der Waals surface area contributed by atoms with Gasteiger partial charge in [-0.25, -0.2) is 0 Å². The lowest BCUT2D eigenvalue weighted by molar-refractivity contribution is 0.408. The summed E-state index contributed by atoms with van der Waals surface area (Å²) in [5, 5.41) is 8.62. The molecule has 0 aromatic carbocycles. The average Bonchev–Trinajstić information content (AvgIpc) is 2.04. The molecule has 0 unspecified atom stereocenters. The van der Waals surface area contributed by atoms with Crippen molar-refractivity contribution in [3.8, 4) is 11.8 Å². The molecule has 0 aliphatic rings. The quantitative estimate of drug-likeness (QED) is 0.602. The molecule has 0 radical (unpaired) electrons. The van der Waals surface area contributed by atoms with Crippen molar-refractivity contribution in [2.45, 2.75) is 6.92 Å². The highest BCUT2D eigenvalue weighted by atomic mass is 16.5. The molecule has 3 nitrogen and oxygen atoms in total. The van der Waals surface area contributed by atoms with Crippen LogP contribution in [0.5, 0.6) is 5.75 Å². The van der Waals surface area contributed by atoms with Gasteiger partial charge in [-0.3, -0.25) is 4.98 Å². The highest BCUT2D eigenvalue weighted by Crippen LogP contribution is 2.18. The Morgan fingerprint density at radius 1 is 1.64 bits per heavy atom. The first-order chi connectivity index (χ1) is 5.29. The molecule has 0 saturated heterocycles. The lowest BCUT2D eigenvalue weighted by atomic mass is 10.2. The Kier molecular flexibility index (Phi) is 2.07. The maximum absolute atomic E-state index is 8.62. The summed E-state index contributed by atoms with van der Waals surface area (Å²) in [4.78, 5) is 3.98. The van der Waals surface area contributed by atoms with Crippen LogP contribution in [0.2, 0.25) is 0 Å². The van der Waals surface area contributed by atoms with Crippen molar-refractivity contribution >= 4 is 0 Å². The lowest BCUT2D eigenvalue weighted by Crippen LogP contribution is -1.93.